The molecular formula is C17H31IN6O3. The number of carbonyl (C=O) groups is 1. The van der Waals surface area contributed by atoms with Crippen LogP contribution >= 0.6 is 24.0 Å². The molecule has 1 N–H and O–H groups in total. The van der Waals surface area contributed by atoms with Crippen LogP contribution in [-0.2, 0) is 16.1 Å². The predicted octanol–water partition coefficient (Wildman–Crippen LogP) is 0.399. The van der Waals surface area contributed by atoms with E-state index in [9.17, 15) is 4.79 Å². The van der Waals surface area contributed by atoms with Gasteiger partial charge < -0.3 is 24.4 Å². The quantitative estimate of drug-likeness (QED) is 0.254. The third-order valence-corrected chi connectivity index (χ3v) is 4.19. The van der Waals surface area contributed by atoms with E-state index in [0.29, 0.717) is 13.2 Å². The topological polar surface area (TPSA) is 86.4 Å². The fraction of sp³-hybridized carbons (Fsp3) is 0.706. The molecule has 1 aliphatic heterocycles. The molecule has 1 saturated heterocycles. The maximum Gasteiger partial charge on any atom is 0.243 e. The number of rotatable bonds is 7. The van der Waals surface area contributed by atoms with Crippen LogP contribution in [0, 0.1) is 6.92 Å². The fourth-order valence-electron chi connectivity index (χ4n) is 2.66. The number of piperazine rings is 1. The molecule has 2 rings (SSSR count). The molecule has 0 spiro atoms. The largest absolute Gasteiger partial charge is 0.383 e. The molecule has 1 amide bonds. The highest BCUT2D eigenvalue weighted by Gasteiger charge is 2.21. The van der Waals surface area contributed by atoms with Crippen molar-refractivity contribution in [3.8, 4) is 0 Å². The van der Waals surface area contributed by atoms with E-state index in [-0.39, 0.29) is 36.4 Å². The van der Waals surface area contributed by atoms with Crippen LogP contribution in [0.4, 0.5) is 0 Å². The highest BCUT2D eigenvalue weighted by atomic mass is 127. The van der Waals surface area contributed by atoms with Gasteiger partial charge in [0.1, 0.15) is 12.3 Å². The van der Waals surface area contributed by atoms with Crippen molar-refractivity contribution in [1.82, 2.24) is 25.2 Å². The molecule has 0 bridgehead atoms. The highest BCUT2D eigenvalue weighted by Crippen LogP contribution is 2.09. The molecule has 1 fully saturated rings. The maximum atomic E-state index is 11.8. The van der Waals surface area contributed by atoms with Gasteiger partial charge in [0.25, 0.3) is 0 Å². The van der Waals surface area contributed by atoms with Gasteiger partial charge in [0, 0.05) is 66.5 Å². The second kappa shape index (κ2) is 12.1. The molecule has 0 unspecified atom stereocenters. The molecule has 1 aliphatic rings. The average molecular weight is 494 g/mol. The molecule has 10 heteroatoms. The summed E-state index contributed by atoms with van der Waals surface area (Å²) in [5.74, 6) is 1.58. The molecule has 0 atom stereocenters. The minimum atomic E-state index is -0.0175. The van der Waals surface area contributed by atoms with Crippen molar-refractivity contribution in [1.29, 1.82) is 0 Å². The molecule has 1 aromatic heterocycles. The monoisotopic (exact) mass is 494 g/mol. The van der Waals surface area contributed by atoms with Gasteiger partial charge in [0.15, 0.2) is 5.96 Å². The molecule has 0 saturated carbocycles. The van der Waals surface area contributed by atoms with Gasteiger partial charge in [0.05, 0.1) is 12.3 Å². The number of halogens is 1. The van der Waals surface area contributed by atoms with E-state index < -0.39 is 0 Å². The SMILES string of the molecule is COCCNC(=NCC(=O)N(C)C)N1CCN(Cc2cc(C)on2)CC1.I. The lowest BCUT2D eigenvalue weighted by Crippen LogP contribution is -2.52. The first-order chi connectivity index (χ1) is 12.5. The number of guanidine groups is 1. The molecule has 9 nitrogen and oxygen atoms in total. The van der Waals surface area contributed by atoms with Crippen molar-refractivity contribution in [2.45, 2.75) is 13.5 Å². The Kier molecular flexibility index (Phi) is 10.6. The van der Waals surface area contributed by atoms with E-state index >= 15 is 0 Å². The second-order valence-corrected chi connectivity index (χ2v) is 6.54. The van der Waals surface area contributed by atoms with Crippen LogP contribution in [0.3, 0.4) is 0 Å². The van der Waals surface area contributed by atoms with Gasteiger partial charge in [-0.05, 0) is 6.92 Å². The molecule has 0 aromatic carbocycles. The Hall–Kier alpha value is -1.40. The number of nitrogens with one attached hydrogen (secondary N) is 1. The standard InChI is InChI=1S/C17H30N6O3.HI/c1-14-11-15(20-26-14)13-22-6-8-23(9-7-22)17(18-5-10-25-4)19-12-16(24)21(2)3;/h11H,5-10,12-13H2,1-4H3,(H,18,19);1H. The molecule has 2 heterocycles. The molecule has 1 aromatic rings. The van der Waals surface area contributed by atoms with Crippen molar-refractivity contribution >= 4 is 35.8 Å². The van der Waals surface area contributed by atoms with Crippen molar-refractivity contribution in [3.05, 3.63) is 17.5 Å². The number of methoxy groups -OCH3 is 1. The number of nitrogens with zero attached hydrogens (tertiary/aromatic N) is 5. The van der Waals surface area contributed by atoms with Crippen molar-refractivity contribution in [2.24, 2.45) is 4.99 Å². The average Bonchev–Trinajstić information content (AvgIpc) is 3.03. The zero-order chi connectivity index (χ0) is 18.9. The smallest absolute Gasteiger partial charge is 0.243 e. The molecule has 154 valence electrons. The van der Waals surface area contributed by atoms with Crippen LogP contribution in [0.1, 0.15) is 11.5 Å². The van der Waals surface area contributed by atoms with Crippen LogP contribution in [0.2, 0.25) is 0 Å². The lowest BCUT2D eigenvalue weighted by molar-refractivity contribution is -0.127. The summed E-state index contributed by atoms with van der Waals surface area (Å²) >= 11 is 0. The van der Waals surface area contributed by atoms with Crippen LogP contribution in [0.15, 0.2) is 15.6 Å². The number of aliphatic imine (C=N–C) groups is 1. The number of aromatic nitrogens is 1. The maximum absolute atomic E-state index is 11.8. The Bertz CT molecular complexity index is 599. The Labute approximate surface area is 178 Å². The highest BCUT2D eigenvalue weighted by molar-refractivity contribution is 14.0. The number of likely N-dealkylation sites (N-methyl/N-ethyl adjacent to an activating group) is 1. The van der Waals surface area contributed by atoms with Gasteiger partial charge in [0.2, 0.25) is 5.91 Å². The minimum Gasteiger partial charge on any atom is -0.383 e. The third kappa shape index (κ3) is 8.01. The van der Waals surface area contributed by atoms with Gasteiger partial charge >= 0.3 is 0 Å². The number of carbonyl (C=O) groups excluding carboxylic acids is 1. The van der Waals surface area contributed by atoms with Crippen LogP contribution in [0.25, 0.3) is 0 Å². The van der Waals surface area contributed by atoms with E-state index in [1.807, 2.05) is 13.0 Å². The summed E-state index contributed by atoms with van der Waals surface area (Å²) in [5, 5.41) is 7.34. The van der Waals surface area contributed by atoms with Crippen molar-refractivity contribution in [2.75, 3.05) is 67.1 Å². The first-order valence-corrected chi connectivity index (χ1v) is 8.86. The summed E-state index contributed by atoms with van der Waals surface area (Å²) in [4.78, 5) is 22.4. The van der Waals surface area contributed by atoms with Crippen LogP contribution < -0.4 is 5.32 Å². The van der Waals surface area contributed by atoms with E-state index in [0.717, 1.165) is 50.1 Å². The van der Waals surface area contributed by atoms with Crippen molar-refractivity contribution < 1.29 is 14.1 Å². The second-order valence-electron chi connectivity index (χ2n) is 6.54. The molecule has 0 aliphatic carbocycles. The van der Waals surface area contributed by atoms with Gasteiger partial charge in [-0.2, -0.15) is 0 Å². The normalized spacial score (nSPS) is 15.4. The Morgan fingerprint density at radius 1 is 1.37 bits per heavy atom. The zero-order valence-corrected chi connectivity index (χ0v) is 18.9. The lowest BCUT2D eigenvalue weighted by Gasteiger charge is -2.36. The molecule has 0 radical (unpaired) electrons. The summed E-state index contributed by atoms with van der Waals surface area (Å²) < 4.78 is 10.2. The summed E-state index contributed by atoms with van der Waals surface area (Å²) in [6.45, 7) is 7.55. The number of ether oxygens (including phenoxy) is 1. The van der Waals surface area contributed by atoms with E-state index in [1.54, 1.807) is 26.1 Å². The fourth-order valence-corrected chi connectivity index (χ4v) is 2.66. The van der Waals surface area contributed by atoms with Gasteiger partial charge in [-0.1, -0.05) is 5.16 Å². The van der Waals surface area contributed by atoms with E-state index in [2.05, 4.69) is 25.3 Å². The van der Waals surface area contributed by atoms with Gasteiger partial charge in [-0.3, -0.25) is 9.69 Å². The Balaban J connectivity index is 0.00000364. The number of hydrogen-bond acceptors (Lipinski definition) is 6. The summed E-state index contributed by atoms with van der Waals surface area (Å²) in [6.07, 6.45) is 0. The number of amides is 1. The zero-order valence-electron chi connectivity index (χ0n) is 16.6. The van der Waals surface area contributed by atoms with E-state index in [1.165, 1.54) is 0 Å². The Morgan fingerprint density at radius 2 is 2.07 bits per heavy atom. The first-order valence-electron chi connectivity index (χ1n) is 8.86. The molecule has 27 heavy (non-hydrogen) atoms. The first kappa shape index (κ1) is 23.6. The molecular weight excluding hydrogens is 463 g/mol. The lowest BCUT2D eigenvalue weighted by atomic mass is 10.3. The summed E-state index contributed by atoms with van der Waals surface area (Å²) in [5.41, 5.74) is 0.958. The van der Waals surface area contributed by atoms with Gasteiger partial charge in [-0.25, -0.2) is 4.99 Å². The predicted molar refractivity (Wildman–Crippen MR) is 114 cm³/mol. The minimum absolute atomic E-state index is 0. The van der Waals surface area contributed by atoms with Crippen LogP contribution in [-0.4, -0.2) is 98.8 Å². The number of aryl methyl sites for hydroxylation is 1. The van der Waals surface area contributed by atoms with Crippen LogP contribution in [0.5, 0.6) is 0 Å². The van der Waals surface area contributed by atoms with Gasteiger partial charge in [-0.15, -0.1) is 24.0 Å². The summed E-state index contributed by atoms with van der Waals surface area (Å²) in [6, 6.07) is 1.97. The third-order valence-electron chi connectivity index (χ3n) is 4.19. The van der Waals surface area contributed by atoms with Crippen molar-refractivity contribution in [3.63, 3.8) is 0 Å². The summed E-state index contributed by atoms with van der Waals surface area (Å²) in [7, 11) is 5.14. The number of hydrogen-bond donors (Lipinski definition) is 1. The Morgan fingerprint density at radius 3 is 2.63 bits per heavy atom. The van der Waals surface area contributed by atoms with E-state index in [4.69, 9.17) is 9.26 Å².